The van der Waals surface area contributed by atoms with Gasteiger partial charge >= 0.3 is 11.9 Å². The summed E-state index contributed by atoms with van der Waals surface area (Å²) in [6, 6.07) is 0. The van der Waals surface area contributed by atoms with Crippen molar-refractivity contribution in [1.82, 2.24) is 0 Å². The van der Waals surface area contributed by atoms with Gasteiger partial charge in [-0.25, -0.2) is 0 Å². The average Bonchev–Trinajstić information content (AvgIpc) is 2.83. The van der Waals surface area contributed by atoms with Gasteiger partial charge in [-0.3, -0.25) is 9.59 Å². The molecule has 0 aliphatic carbocycles. The highest BCUT2D eigenvalue weighted by Crippen LogP contribution is 2.18. The molecular weight excluding hydrogens is 436 g/mol. The van der Waals surface area contributed by atoms with Crippen molar-refractivity contribution in [2.24, 2.45) is 0 Å². The molecule has 0 spiro atoms. The van der Waals surface area contributed by atoms with Crippen LogP contribution in [0.4, 0.5) is 0 Å². The maximum atomic E-state index is 12.4. The quantitative estimate of drug-likeness (QED) is 0.0864. The molecule has 0 aromatic rings. The van der Waals surface area contributed by atoms with E-state index in [0.29, 0.717) is 12.8 Å². The molecule has 4 heteroatoms. The topological polar surface area (TPSA) is 63.6 Å². The predicted octanol–water partition coefficient (Wildman–Crippen LogP) is 10.2. The number of hydrogen-bond acceptors (Lipinski definition) is 3. The van der Waals surface area contributed by atoms with E-state index < -0.39 is 5.97 Å². The lowest BCUT2D eigenvalue weighted by molar-refractivity contribution is -0.150. The SMILES string of the molecule is CCCCCCCCCCCCCCCCC(=O)OC(CCCCCCCC)CCCCC(=O)O. The largest absolute Gasteiger partial charge is 0.481 e. The summed E-state index contributed by atoms with van der Waals surface area (Å²) in [5, 5.41) is 8.84. The molecule has 0 aromatic carbocycles. The lowest BCUT2D eigenvalue weighted by Gasteiger charge is -2.18. The van der Waals surface area contributed by atoms with Crippen LogP contribution in [0.25, 0.3) is 0 Å². The molecule has 0 aliphatic heterocycles. The number of esters is 1. The van der Waals surface area contributed by atoms with Crippen LogP contribution in [0.3, 0.4) is 0 Å². The maximum Gasteiger partial charge on any atom is 0.306 e. The van der Waals surface area contributed by atoms with Gasteiger partial charge in [-0.2, -0.15) is 0 Å². The summed E-state index contributed by atoms with van der Waals surface area (Å²) in [4.78, 5) is 23.1. The average molecular weight is 497 g/mol. The minimum Gasteiger partial charge on any atom is -0.481 e. The summed E-state index contributed by atoms with van der Waals surface area (Å²) in [7, 11) is 0. The highest BCUT2D eigenvalue weighted by atomic mass is 16.5. The Balaban J connectivity index is 3.79. The normalized spacial score (nSPS) is 12.1. The summed E-state index contributed by atoms with van der Waals surface area (Å²) in [6.07, 6.45) is 29.7. The van der Waals surface area contributed by atoms with Crippen LogP contribution in [0.5, 0.6) is 0 Å². The lowest BCUT2D eigenvalue weighted by Crippen LogP contribution is -2.18. The third kappa shape index (κ3) is 27.4. The van der Waals surface area contributed by atoms with Gasteiger partial charge in [-0.05, 0) is 38.5 Å². The summed E-state index contributed by atoms with van der Waals surface area (Å²) in [5.41, 5.74) is 0. The molecule has 0 heterocycles. The molecule has 1 N–H and O–H groups in total. The molecule has 208 valence electrons. The van der Waals surface area contributed by atoms with Gasteiger partial charge in [0.05, 0.1) is 0 Å². The molecule has 1 atom stereocenters. The number of unbranched alkanes of at least 4 members (excludes halogenated alkanes) is 19. The van der Waals surface area contributed by atoms with E-state index in [1.165, 1.54) is 109 Å². The van der Waals surface area contributed by atoms with E-state index in [-0.39, 0.29) is 18.5 Å². The monoisotopic (exact) mass is 496 g/mol. The van der Waals surface area contributed by atoms with Gasteiger partial charge < -0.3 is 9.84 Å². The molecule has 1 unspecified atom stereocenters. The minimum absolute atomic E-state index is 0.0332. The first-order valence-corrected chi connectivity index (χ1v) is 15.5. The van der Waals surface area contributed by atoms with Gasteiger partial charge in [0.25, 0.3) is 0 Å². The zero-order chi connectivity index (χ0) is 25.8. The summed E-state index contributed by atoms with van der Waals surface area (Å²) >= 11 is 0. The second-order valence-corrected chi connectivity index (χ2v) is 10.7. The first-order valence-electron chi connectivity index (χ1n) is 15.5. The fourth-order valence-corrected chi connectivity index (χ4v) is 4.77. The van der Waals surface area contributed by atoms with Crippen molar-refractivity contribution in [2.75, 3.05) is 0 Å². The number of carbonyl (C=O) groups excluding carboxylic acids is 1. The molecular formula is C31H60O4. The summed E-state index contributed by atoms with van der Waals surface area (Å²) < 4.78 is 5.81. The lowest BCUT2D eigenvalue weighted by atomic mass is 10.0. The first-order chi connectivity index (χ1) is 17.1. The van der Waals surface area contributed by atoms with Gasteiger partial charge in [0, 0.05) is 12.8 Å². The summed E-state index contributed by atoms with van der Waals surface area (Å²) in [6.45, 7) is 4.50. The molecule has 0 rings (SSSR count). The van der Waals surface area contributed by atoms with Crippen LogP contribution in [-0.4, -0.2) is 23.1 Å². The molecule has 0 amide bonds. The standard InChI is InChI=1S/C31H60O4/c1-3-5-7-9-11-12-13-14-15-16-17-18-20-22-28-31(34)35-29(26-23-24-27-30(32)33)25-21-19-10-8-6-4-2/h29H,3-28H2,1-2H3,(H,32,33). The molecule has 0 aliphatic rings. The van der Waals surface area contributed by atoms with Crippen LogP contribution in [0, 0.1) is 0 Å². The number of hydrogen-bond donors (Lipinski definition) is 1. The minimum atomic E-state index is -0.743. The van der Waals surface area contributed by atoms with E-state index in [1.807, 2.05) is 0 Å². The van der Waals surface area contributed by atoms with Crippen LogP contribution in [0.15, 0.2) is 0 Å². The fraction of sp³-hybridized carbons (Fsp3) is 0.935. The van der Waals surface area contributed by atoms with Crippen molar-refractivity contribution in [3.63, 3.8) is 0 Å². The Kier molecular flexibility index (Phi) is 26.7. The third-order valence-corrected chi connectivity index (χ3v) is 7.08. The van der Waals surface area contributed by atoms with Crippen molar-refractivity contribution in [3.8, 4) is 0 Å². The van der Waals surface area contributed by atoms with Gasteiger partial charge in [-0.1, -0.05) is 129 Å². The molecule has 0 fully saturated rings. The Hall–Kier alpha value is -1.06. The van der Waals surface area contributed by atoms with E-state index in [1.54, 1.807) is 0 Å². The van der Waals surface area contributed by atoms with Crippen LogP contribution >= 0.6 is 0 Å². The smallest absolute Gasteiger partial charge is 0.306 e. The van der Waals surface area contributed by atoms with E-state index in [4.69, 9.17) is 9.84 Å². The molecule has 0 saturated heterocycles. The van der Waals surface area contributed by atoms with E-state index in [2.05, 4.69) is 13.8 Å². The van der Waals surface area contributed by atoms with Gasteiger partial charge in [0.15, 0.2) is 0 Å². The number of carbonyl (C=O) groups is 2. The fourth-order valence-electron chi connectivity index (χ4n) is 4.77. The van der Waals surface area contributed by atoms with Crippen LogP contribution in [0.2, 0.25) is 0 Å². The number of ether oxygens (including phenoxy) is 1. The van der Waals surface area contributed by atoms with Crippen LogP contribution in [-0.2, 0) is 14.3 Å². The highest BCUT2D eigenvalue weighted by molar-refractivity contribution is 5.69. The van der Waals surface area contributed by atoms with Gasteiger partial charge in [0.2, 0.25) is 0 Å². The second-order valence-electron chi connectivity index (χ2n) is 10.7. The van der Waals surface area contributed by atoms with Crippen LogP contribution < -0.4 is 0 Å². The molecule has 0 bridgehead atoms. The van der Waals surface area contributed by atoms with Crippen LogP contribution in [0.1, 0.15) is 181 Å². The zero-order valence-corrected chi connectivity index (χ0v) is 23.6. The highest BCUT2D eigenvalue weighted by Gasteiger charge is 2.14. The Bertz CT molecular complexity index is 463. The molecule has 0 radical (unpaired) electrons. The maximum absolute atomic E-state index is 12.4. The molecule has 4 nitrogen and oxygen atoms in total. The number of carboxylic acids is 1. The van der Waals surface area contributed by atoms with Crippen molar-refractivity contribution in [2.45, 2.75) is 187 Å². The predicted molar refractivity (Wildman–Crippen MR) is 149 cm³/mol. The molecule has 0 saturated carbocycles. The second kappa shape index (κ2) is 27.5. The third-order valence-electron chi connectivity index (χ3n) is 7.08. The Morgan fingerprint density at radius 1 is 0.514 bits per heavy atom. The van der Waals surface area contributed by atoms with Gasteiger partial charge in [-0.15, -0.1) is 0 Å². The van der Waals surface area contributed by atoms with Crippen molar-refractivity contribution < 1.29 is 19.4 Å². The zero-order valence-electron chi connectivity index (χ0n) is 23.6. The van der Waals surface area contributed by atoms with E-state index in [0.717, 1.165) is 38.5 Å². The number of rotatable bonds is 28. The Morgan fingerprint density at radius 2 is 0.857 bits per heavy atom. The van der Waals surface area contributed by atoms with Crippen molar-refractivity contribution in [1.29, 1.82) is 0 Å². The Labute approximate surface area is 218 Å². The first kappa shape index (κ1) is 33.9. The summed E-state index contributed by atoms with van der Waals surface area (Å²) in [5.74, 6) is -0.801. The number of aliphatic carboxylic acids is 1. The number of carboxylic acid groups (broad SMARTS) is 1. The van der Waals surface area contributed by atoms with Crippen molar-refractivity contribution in [3.05, 3.63) is 0 Å². The van der Waals surface area contributed by atoms with E-state index in [9.17, 15) is 9.59 Å². The molecule has 35 heavy (non-hydrogen) atoms. The Morgan fingerprint density at radius 3 is 1.29 bits per heavy atom. The van der Waals surface area contributed by atoms with Crippen molar-refractivity contribution >= 4 is 11.9 Å². The van der Waals surface area contributed by atoms with E-state index >= 15 is 0 Å². The molecule has 0 aromatic heterocycles. The van der Waals surface area contributed by atoms with Gasteiger partial charge in [0.1, 0.15) is 6.10 Å².